The molecule has 18 heavy (non-hydrogen) atoms. The van der Waals surface area contributed by atoms with Crippen molar-refractivity contribution in [3.63, 3.8) is 0 Å². The van der Waals surface area contributed by atoms with Gasteiger partial charge in [-0.2, -0.15) is 0 Å². The van der Waals surface area contributed by atoms with Gasteiger partial charge in [0, 0.05) is 0 Å². The van der Waals surface area contributed by atoms with E-state index in [1.165, 1.54) is 6.07 Å². The predicted molar refractivity (Wildman–Crippen MR) is 66.0 cm³/mol. The third-order valence-electron chi connectivity index (χ3n) is 2.43. The quantitative estimate of drug-likeness (QED) is 0.849. The van der Waals surface area contributed by atoms with Gasteiger partial charge in [-0.15, -0.1) is 0 Å². The molecule has 94 valence electrons. The number of aromatic carboxylic acids is 1. The number of benzene rings is 1. The van der Waals surface area contributed by atoms with E-state index < -0.39 is 5.97 Å². The monoisotopic (exact) mass is 247 g/mol. The highest BCUT2D eigenvalue weighted by Crippen LogP contribution is 2.23. The molecule has 2 rings (SSSR count). The van der Waals surface area contributed by atoms with E-state index in [2.05, 4.69) is 5.32 Å². The highest BCUT2D eigenvalue weighted by molar-refractivity contribution is 5.84. The molecule has 0 radical (unpaired) electrons. The van der Waals surface area contributed by atoms with Gasteiger partial charge in [-0.25, -0.2) is 4.79 Å². The lowest BCUT2D eigenvalue weighted by atomic mass is 10.3. The number of rotatable bonds is 5. The van der Waals surface area contributed by atoms with E-state index in [0.717, 1.165) is 11.4 Å². The van der Waals surface area contributed by atoms with Gasteiger partial charge in [0.15, 0.2) is 0 Å². The van der Waals surface area contributed by atoms with Crippen LogP contribution in [-0.4, -0.2) is 18.2 Å². The molecule has 0 aliphatic rings. The van der Waals surface area contributed by atoms with Crippen LogP contribution in [0.4, 0.5) is 5.69 Å². The van der Waals surface area contributed by atoms with Gasteiger partial charge in [0.2, 0.25) is 5.76 Å². The third-order valence-corrected chi connectivity index (χ3v) is 2.43. The van der Waals surface area contributed by atoms with Gasteiger partial charge in [-0.1, -0.05) is 12.1 Å². The number of anilines is 1. The summed E-state index contributed by atoms with van der Waals surface area (Å²) >= 11 is 0. The van der Waals surface area contributed by atoms with Crippen molar-refractivity contribution in [2.75, 3.05) is 12.4 Å². The van der Waals surface area contributed by atoms with E-state index in [-0.39, 0.29) is 5.76 Å². The molecular formula is C13H13NO4. The van der Waals surface area contributed by atoms with E-state index >= 15 is 0 Å². The summed E-state index contributed by atoms with van der Waals surface area (Å²) in [6, 6.07) is 10.5. The number of carboxylic acid groups (broad SMARTS) is 1. The summed E-state index contributed by atoms with van der Waals surface area (Å²) in [5.74, 6) is 0.145. The van der Waals surface area contributed by atoms with Crippen LogP contribution >= 0.6 is 0 Å². The summed E-state index contributed by atoms with van der Waals surface area (Å²) in [6.45, 7) is 0.396. The largest absolute Gasteiger partial charge is 0.495 e. The number of nitrogens with one attached hydrogen (secondary N) is 1. The fraction of sp³-hybridized carbons (Fsp3) is 0.154. The molecule has 2 aromatic rings. The van der Waals surface area contributed by atoms with E-state index in [4.69, 9.17) is 14.3 Å². The second kappa shape index (κ2) is 5.27. The molecular weight excluding hydrogens is 234 g/mol. The lowest BCUT2D eigenvalue weighted by Crippen LogP contribution is -2.00. The zero-order valence-electron chi connectivity index (χ0n) is 9.84. The number of para-hydroxylation sites is 2. The number of ether oxygens (including phenoxy) is 1. The summed E-state index contributed by atoms with van der Waals surface area (Å²) < 4.78 is 10.3. The fourth-order valence-corrected chi connectivity index (χ4v) is 1.56. The Morgan fingerprint density at radius 1 is 1.33 bits per heavy atom. The number of carbonyl (C=O) groups is 1. The first kappa shape index (κ1) is 12.0. The molecule has 0 unspecified atom stereocenters. The Kier molecular flexibility index (Phi) is 3.52. The van der Waals surface area contributed by atoms with Crippen molar-refractivity contribution in [1.82, 2.24) is 0 Å². The summed E-state index contributed by atoms with van der Waals surface area (Å²) in [5, 5.41) is 11.9. The summed E-state index contributed by atoms with van der Waals surface area (Å²) in [6.07, 6.45) is 0. The molecule has 0 aliphatic heterocycles. The van der Waals surface area contributed by atoms with Crippen molar-refractivity contribution in [2.45, 2.75) is 6.54 Å². The maximum atomic E-state index is 10.7. The van der Waals surface area contributed by atoms with Crippen molar-refractivity contribution in [3.8, 4) is 5.75 Å². The van der Waals surface area contributed by atoms with E-state index in [1.54, 1.807) is 13.2 Å². The number of carboxylic acids is 1. The average molecular weight is 247 g/mol. The Morgan fingerprint density at radius 2 is 2.11 bits per heavy atom. The van der Waals surface area contributed by atoms with E-state index in [0.29, 0.717) is 12.3 Å². The van der Waals surface area contributed by atoms with Crippen LogP contribution in [0.15, 0.2) is 40.8 Å². The molecule has 0 saturated heterocycles. The topological polar surface area (TPSA) is 71.7 Å². The van der Waals surface area contributed by atoms with Gasteiger partial charge < -0.3 is 19.6 Å². The van der Waals surface area contributed by atoms with Crippen LogP contribution in [-0.2, 0) is 6.54 Å². The van der Waals surface area contributed by atoms with Gasteiger partial charge in [0.05, 0.1) is 19.3 Å². The normalized spacial score (nSPS) is 10.1. The van der Waals surface area contributed by atoms with Crippen molar-refractivity contribution in [3.05, 3.63) is 47.9 Å². The maximum absolute atomic E-state index is 10.7. The van der Waals surface area contributed by atoms with Crippen LogP contribution < -0.4 is 10.1 Å². The number of methoxy groups -OCH3 is 1. The molecule has 0 amide bonds. The average Bonchev–Trinajstić information content (AvgIpc) is 2.85. The van der Waals surface area contributed by atoms with Crippen LogP contribution in [0, 0.1) is 0 Å². The number of hydrogen-bond donors (Lipinski definition) is 2. The molecule has 5 nitrogen and oxygen atoms in total. The Labute approximate surface area is 104 Å². The molecule has 0 spiro atoms. The zero-order chi connectivity index (χ0) is 13.0. The molecule has 5 heteroatoms. The van der Waals surface area contributed by atoms with Crippen LogP contribution in [0.1, 0.15) is 16.3 Å². The first-order chi connectivity index (χ1) is 8.70. The fourth-order valence-electron chi connectivity index (χ4n) is 1.56. The summed E-state index contributed by atoms with van der Waals surface area (Å²) in [4.78, 5) is 10.7. The minimum atomic E-state index is -1.07. The van der Waals surface area contributed by atoms with Crippen molar-refractivity contribution < 1.29 is 19.1 Å². The van der Waals surface area contributed by atoms with Gasteiger partial charge in [-0.05, 0) is 24.3 Å². The first-order valence-corrected chi connectivity index (χ1v) is 5.39. The highest BCUT2D eigenvalue weighted by atomic mass is 16.5. The summed E-state index contributed by atoms with van der Waals surface area (Å²) in [5.41, 5.74) is 0.827. The lowest BCUT2D eigenvalue weighted by Gasteiger charge is -2.09. The lowest BCUT2D eigenvalue weighted by molar-refractivity contribution is 0.0660. The number of furan rings is 1. The predicted octanol–water partition coefficient (Wildman–Crippen LogP) is 2.60. The smallest absolute Gasteiger partial charge is 0.371 e. The molecule has 0 aliphatic carbocycles. The van der Waals surface area contributed by atoms with Crippen molar-refractivity contribution in [1.29, 1.82) is 0 Å². The van der Waals surface area contributed by atoms with Crippen molar-refractivity contribution in [2.24, 2.45) is 0 Å². The SMILES string of the molecule is COc1ccccc1NCc1ccc(C(=O)O)o1. The first-order valence-electron chi connectivity index (χ1n) is 5.39. The molecule has 1 heterocycles. The summed E-state index contributed by atoms with van der Waals surface area (Å²) in [7, 11) is 1.59. The van der Waals surface area contributed by atoms with Gasteiger partial charge >= 0.3 is 5.97 Å². The van der Waals surface area contributed by atoms with Gasteiger partial charge in [0.1, 0.15) is 11.5 Å². The van der Waals surface area contributed by atoms with Gasteiger partial charge in [-0.3, -0.25) is 0 Å². The van der Waals surface area contributed by atoms with Crippen LogP contribution in [0.25, 0.3) is 0 Å². The van der Waals surface area contributed by atoms with E-state index in [9.17, 15) is 4.79 Å². The Morgan fingerprint density at radius 3 is 2.78 bits per heavy atom. The van der Waals surface area contributed by atoms with Crippen LogP contribution in [0.3, 0.4) is 0 Å². The highest BCUT2D eigenvalue weighted by Gasteiger charge is 2.09. The Hall–Kier alpha value is -2.43. The van der Waals surface area contributed by atoms with Gasteiger partial charge in [0.25, 0.3) is 0 Å². The molecule has 2 N–H and O–H groups in total. The molecule has 0 atom stereocenters. The molecule has 0 fully saturated rings. The third kappa shape index (κ3) is 2.63. The van der Waals surface area contributed by atoms with Crippen LogP contribution in [0.5, 0.6) is 5.75 Å². The molecule has 0 saturated carbocycles. The minimum Gasteiger partial charge on any atom is -0.495 e. The second-order valence-electron chi connectivity index (χ2n) is 3.62. The molecule has 1 aromatic carbocycles. The zero-order valence-corrected chi connectivity index (χ0v) is 9.84. The molecule has 1 aromatic heterocycles. The van der Waals surface area contributed by atoms with Crippen LogP contribution in [0.2, 0.25) is 0 Å². The maximum Gasteiger partial charge on any atom is 0.371 e. The Balaban J connectivity index is 2.04. The van der Waals surface area contributed by atoms with Crippen molar-refractivity contribution >= 4 is 11.7 Å². The number of hydrogen-bond acceptors (Lipinski definition) is 4. The second-order valence-corrected chi connectivity index (χ2v) is 3.62. The standard InChI is InChI=1S/C13H13NO4/c1-17-11-5-3-2-4-10(11)14-8-9-6-7-12(18-9)13(15)16/h2-7,14H,8H2,1H3,(H,15,16). The minimum absolute atomic E-state index is 0.0631. The van der Waals surface area contributed by atoms with E-state index in [1.807, 2.05) is 24.3 Å². The Bertz CT molecular complexity index is 547. The molecule has 0 bridgehead atoms.